The lowest BCUT2D eigenvalue weighted by Crippen LogP contribution is -2.33. The zero-order valence-electron chi connectivity index (χ0n) is 9.62. The van der Waals surface area contributed by atoms with Gasteiger partial charge in [0.25, 0.3) is 0 Å². The molecule has 6 heteroatoms. The van der Waals surface area contributed by atoms with Crippen molar-refractivity contribution in [2.24, 2.45) is 0 Å². The minimum Gasteiger partial charge on any atom is -0.345 e. The van der Waals surface area contributed by atoms with E-state index in [1.807, 2.05) is 6.92 Å². The second-order valence-corrected chi connectivity index (χ2v) is 5.81. The van der Waals surface area contributed by atoms with Crippen LogP contribution in [-0.2, 0) is 14.6 Å². The van der Waals surface area contributed by atoms with Crippen molar-refractivity contribution in [3.8, 4) is 0 Å². The first-order valence-electron chi connectivity index (χ1n) is 4.99. The Hall–Kier alpha value is -0.620. The van der Waals surface area contributed by atoms with Crippen molar-refractivity contribution >= 4 is 15.7 Å². The van der Waals surface area contributed by atoms with E-state index in [0.717, 1.165) is 6.54 Å². The van der Waals surface area contributed by atoms with Gasteiger partial charge in [0.15, 0.2) is 0 Å². The predicted octanol–water partition coefficient (Wildman–Crippen LogP) is -0.511. The fraction of sp³-hybridized carbons (Fsp3) is 0.889. The van der Waals surface area contributed by atoms with Gasteiger partial charge < -0.3 is 10.2 Å². The third kappa shape index (κ3) is 8.38. The van der Waals surface area contributed by atoms with Crippen LogP contribution >= 0.6 is 0 Å². The van der Waals surface area contributed by atoms with Gasteiger partial charge >= 0.3 is 0 Å². The van der Waals surface area contributed by atoms with E-state index in [1.165, 1.54) is 11.2 Å². The van der Waals surface area contributed by atoms with Crippen molar-refractivity contribution in [2.45, 2.75) is 13.3 Å². The summed E-state index contributed by atoms with van der Waals surface area (Å²) in [6.07, 6.45) is 1.58. The Balaban J connectivity index is 3.79. The fourth-order valence-corrected chi connectivity index (χ4v) is 1.60. The molecule has 0 saturated carbocycles. The molecule has 0 aromatic rings. The molecule has 1 amide bonds. The maximum absolute atomic E-state index is 11.4. The Morgan fingerprint density at radius 2 is 2.00 bits per heavy atom. The first-order chi connectivity index (χ1) is 6.87. The molecular weight excluding hydrogens is 216 g/mol. The minimum atomic E-state index is -2.99. The molecule has 5 nitrogen and oxygen atoms in total. The normalized spacial score (nSPS) is 11.4. The van der Waals surface area contributed by atoms with Crippen LogP contribution in [0.15, 0.2) is 0 Å². The molecule has 0 saturated heterocycles. The Kier molecular flexibility index (Phi) is 6.51. The van der Waals surface area contributed by atoms with Crippen molar-refractivity contribution in [2.75, 3.05) is 38.7 Å². The molecule has 90 valence electrons. The summed E-state index contributed by atoms with van der Waals surface area (Å²) in [5, 5.41) is 3.04. The Labute approximate surface area is 91.8 Å². The Morgan fingerprint density at radius 3 is 2.47 bits per heavy atom. The average Bonchev–Trinajstić information content (AvgIpc) is 2.13. The Morgan fingerprint density at radius 1 is 1.40 bits per heavy atom. The van der Waals surface area contributed by atoms with Crippen molar-refractivity contribution in [3.63, 3.8) is 0 Å². The molecule has 0 bridgehead atoms. The van der Waals surface area contributed by atoms with Crippen LogP contribution in [0, 0.1) is 0 Å². The first kappa shape index (κ1) is 14.4. The maximum atomic E-state index is 11.4. The van der Waals surface area contributed by atoms with E-state index in [2.05, 4.69) is 5.32 Å². The molecule has 0 rings (SSSR count). The van der Waals surface area contributed by atoms with Crippen LogP contribution in [0.2, 0.25) is 0 Å². The number of hydrogen-bond acceptors (Lipinski definition) is 4. The van der Waals surface area contributed by atoms with Gasteiger partial charge in [-0.05, 0) is 6.54 Å². The number of sulfone groups is 1. The molecule has 1 N–H and O–H groups in total. The summed E-state index contributed by atoms with van der Waals surface area (Å²) in [5.41, 5.74) is 0. The van der Waals surface area contributed by atoms with E-state index >= 15 is 0 Å². The Bertz CT molecular complexity index is 288. The number of hydrogen-bond donors (Lipinski definition) is 1. The van der Waals surface area contributed by atoms with Crippen LogP contribution < -0.4 is 5.32 Å². The lowest BCUT2D eigenvalue weighted by atomic mass is 10.3. The highest BCUT2D eigenvalue weighted by molar-refractivity contribution is 7.90. The summed E-state index contributed by atoms with van der Waals surface area (Å²) in [6, 6.07) is 0. The van der Waals surface area contributed by atoms with Gasteiger partial charge in [0.2, 0.25) is 5.91 Å². The van der Waals surface area contributed by atoms with Gasteiger partial charge in [-0.3, -0.25) is 4.79 Å². The van der Waals surface area contributed by atoms with Gasteiger partial charge in [-0.2, -0.15) is 0 Å². The zero-order chi connectivity index (χ0) is 11.9. The van der Waals surface area contributed by atoms with Gasteiger partial charge in [0.1, 0.15) is 9.84 Å². The SMILES string of the molecule is CCNCCC(=O)N(C)CCS(C)(=O)=O. The predicted molar refractivity (Wildman–Crippen MR) is 60.5 cm³/mol. The number of carbonyl (C=O) groups is 1. The summed E-state index contributed by atoms with van der Waals surface area (Å²) in [4.78, 5) is 12.9. The molecule has 0 aliphatic carbocycles. The van der Waals surface area contributed by atoms with Crippen molar-refractivity contribution in [1.29, 1.82) is 0 Å². The van der Waals surface area contributed by atoms with E-state index in [9.17, 15) is 13.2 Å². The molecule has 0 heterocycles. The third-order valence-electron chi connectivity index (χ3n) is 1.99. The molecule has 0 unspecified atom stereocenters. The van der Waals surface area contributed by atoms with E-state index in [0.29, 0.717) is 13.0 Å². The molecule has 0 aromatic carbocycles. The van der Waals surface area contributed by atoms with Crippen molar-refractivity contribution in [3.05, 3.63) is 0 Å². The highest BCUT2D eigenvalue weighted by atomic mass is 32.2. The standard InChI is InChI=1S/C9H20N2O3S/c1-4-10-6-5-9(12)11(2)7-8-15(3,13)14/h10H,4-8H2,1-3H3. The van der Waals surface area contributed by atoms with E-state index in [-0.39, 0.29) is 18.2 Å². The second-order valence-electron chi connectivity index (χ2n) is 3.55. The van der Waals surface area contributed by atoms with Gasteiger partial charge in [-0.15, -0.1) is 0 Å². The van der Waals surface area contributed by atoms with E-state index in [4.69, 9.17) is 0 Å². The molecule has 0 aliphatic rings. The summed E-state index contributed by atoms with van der Waals surface area (Å²) in [5.74, 6) is -0.00390. The van der Waals surface area contributed by atoms with Crippen LogP contribution in [0.4, 0.5) is 0 Å². The monoisotopic (exact) mass is 236 g/mol. The molecule has 0 spiro atoms. The lowest BCUT2D eigenvalue weighted by Gasteiger charge is -2.16. The lowest BCUT2D eigenvalue weighted by molar-refractivity contribution is -0.129. The summed E-state index contributed by atoms with van der Waals surface area (Å²) in [6.45, 7) is 3.71. The van der Waals surface area contributed by atoms with E-state index in [1.54, 1.807) is 7.05 Å². The first-order valence-corrected chi connectivity index (χ1v) is 7.05. The van der Waals surface area contributed by atoms with Crippen molar-refractivity contribution in [1.82, 2.24) is 10.2 Å². The number of nitrogens with zero attached hydrogens (tertiary/aromatic N) is 1. The molecule has 0 fully saturated rings. The van der Waals surface area contributed by atoms with Crippen molar-refractivity contribution < 1.29 is 13.2 Å². The molecular formula is C9H20N2O3S. The highest BCUT2D eigenvalue weighted by Gasteiger charge is 2.10. The van der Waals surface area contributed by atoms with Gasteiger partial charge in [-0.1, -0.05) is 6.92 Å². The molecule has 0 atom stereocenters. The van der Waals surface area contributed by atoms with Gasteiger partial charge in [0.05, 0.1) is 5.75 Å². The fourth-order valence-electron chi connectivity index (χ4n) is 0.990. The molecule has 0 aliphatic heterocycles. The number of nitrogens with one attached hydrogen (secondary N) is 1. The van der Waals surface area contributed by atoms with Crippen LogP contribution in [-0.4, -0.2) is 57.9 Å². The summed E-state index contributed by atoms with van der Waals surface area (Å²) in [7, 11) is -1.36. The van der Waals surface area contributed by atoms with Crippen LogP contribution in [0.3, 0.4) is 0 Å². The van der Waals surface area contributed by atoms with Crippen LogP contribution in [0.25, 0.3) is 0 Å². The van der Waals surface area contributed by atoms with Gasteiger partial charge in [0, 0.05) is 32.8 Å². The zero-order valence-corrected chi connectivity index (χ0v) is 10.4. The molecule has 0 radical (unpaired) electrons. The smallest absolute Gasteiger partial charge is 0.223 e. The molecule has 15 heavy (non-hydrogen) atoms. The maximum Gasteiger partial charge on any atom is 0.223 e. The minimum absolute atomic E-state index is 0.0243. The topological polar surface area (TPSA) is 66.5 Å². The second kappa shape index (κ2) is 6.79. The third-order valence-corrected chi connectivity index (χ3v) is 2.91. The highest BCUT2D eigenvalue weighted by Crippen LogP contribution is 1.92. The van der Waals surface area contributed by atoms with Gasteiger partial charge in [-0.25, -0.2) is 8.42 Å². The number of amides is 1. The number of carbonyl (C=O) groups excluding carboxylic acids is 1. The van der Waals surface area contributed by atoms with Crippen LogP contribution in [0.1, 0.15) is 13.3 Å². The molecule has 0 aromatic heterocycles. The average molecular weight is 236 g/mol. The van der Waals surface area contributed by atoms with E-state index < -0.39 is 9.84 Å². The van der Waals surface area contributed by atoms with Crippen LogP contribution in [0.5, 0.6) is 0 Å². The summed E-state index contributed by atoms with van der Waals surface area (Å²) >= 11 is 0. The summed E-state index contributed by atoms with van der Waals surface area (Å²) < 4.78 is 21.7. The quantitative estimate of drug-likeness (QED) is 0.605. The number of rotatable bonds is 7. The largest absolute Gasteiger partial charge is 0.345 e.